The summed E-state index contributed by atoms with van der Waals surface area (Å²) in [5, 5.41) is 19.8. The second-order valence-corrected chi connectivity index (χ2v) is 15.3. The quantitative estimate of drug-likeness (QED) is 0.145. The molecule has 0 spiro atoms. The van der Waals surface area contributed by atoms with E-state index < -0.39 is 27.6 Å². The minimum absolute atomic E-state index is 0.138. The number of carboxylic acids is 2. The van der Waals surface area contributed by atoms with E-state index in [1.807, 2.05) is 25.1 Å². The number of sulfone groups is 1. The van der Waals surface area contributed by atoms with Crippen LogP contribution in [0.15, 0.2) is 120 Å². The second kappa shape index (κ2) is 15.5. The molecule has 0 aliphatic carbocycles. The van der Waals surface area contributed by atoms with Crippen molar-refractivity contribution >= 4 is 43.6 Å². The Morgan fingerprint density at radius 2 is 1.00 bits per heavy atom. The fraction of sp³-hybridized carbons (Fsp3) is 0.163. The molecular weight excluding hydrogens is 711 g/mol. The van der Waals surface area contributed by atoms with E-state index >= 15 is 0 Å². The highest BCUT2D eigenvalue weighted by Crippen LogP contribution is 2.31. The van der Waals surface area contributed by atoms with Crippen molar-refractivity contribution in [1.29, 1.82) is 0 Å². The number of carbonyl (C=O) groups is 2. The lowest BCUT2D eigenvalue weighted by Crippen LogP contribution is -2.10. The van der Waals surface area contributed by atoms with Gasteiger partial charge in [-0.1, -0.05) is 66.7 Å². The maximum Gasteiger partial charge on any atom is 0.323 e. The topological polar surface area (TPSA) is 119 Å². The summed E-state index contributed by atoms with van der Waals surface area (Å²) in [5.41, 5.74) is 9.06. The van der Waals surface area contributed by atoms with Crippen LogP contribution >= 0.6 is 0 Å². The number of rotatable bonds is 10. The van der Waals surface area contributed by atoms with Crippen molar-refractivity contribution in [2.24, 2.45) is 0 Å². The smallest absolute Gasteiger partial charge is 0.323 e. The first kappa shape index (κ1) is 37.7. The van der Waals surface area contributed by atoms with E-state index in [0.29, 0.717) is 23.7 Å². The first-order valence-corrected chi connectivity index (χ1v) is 19.0. The highest BCUT2D eigenvalue weighted by atomic mass is 32.2. The van der Waals surface area contributed by atoms with Gasteiger partial charge in [0, 0.05) is 39.4 Å². The SMILES string of the molecule is Cc1c(Cc2ccc(-c3ccccc3)cc2)c2cc(F)ccc2n1CC(=O)O.Cc1c(Cc2ccc(S(C)(=O)=O)cc2)c2cc(F)ccc2n1CC(=O)O. The van der Waals surface area contributed by atoms with Gasteiger partial charge in [-0.05, 0) is 109 Å². The third-order valence-electron chi connectivity index (χ3n) is 9.59. The molecule has 0 aliphatic heterocycles. The van der Waals surface area contributed by atoms with Crippen molar-refractivity contribution in [3.8, 4) is 11.1 Å². The Morgan fingerprint density at radius 1 is 0.593 bits per heavy atom. The van der Waals surface area contributed by atoms with Gasteiger partial charge in [0.25, 0.3) is 0 Å². The highest BCUT2D eigenvalue weighted by molar-refractivity contribution is 7.90. The molecule has 0 unspecified atom stereocenters. The van der Waals surface area contributed by atoms with Gasteiger partial charge in [0.2, 0.25) is 0 Å². The lowest BCUT2D eigenvalue weighted by molar-refractivity contribution is -0.138. The van der Waals surface area contributed by atoms with E-state index in [1.165, 1.54) is 36.4 Å². The van der Waals surface area contributed by atoms with Gasteiger partial charge in [0.05, 0.1) is 4.90 Å². The van der Waals surface area contributed by atoms with Crippen molar-refractivity contribution in [2.45, 2.75) is 44.7 Å². The third-order valence-corrected chi connectivity index (χ3v) is 10.7. The molecule has 0 fully saturated rings. The molecule has 5 aromatic carbocycles. The first-order valence-electron chi connectivity index (χ1n) is 17.1. The molecule has 0 amide bonds. The third kappa shape index (κ3) is 8.26. The Bertz CT molecular complexity index is 2610. The number of hydrogen-bond donors (Lipinski definition) is 2. The van der Waals surface area contributed by atoms with E-state index in [4.69, 9.17) is 5.11 Å². The average molecular weight is 749 g/mol. The minimum atomic E-state index is -3.27. The first-order chi connectivity index (χ1) is 25.7. The van der Waals surface area contributed by atoms with Gasteiger partial charge >= 0.3 is 11.9 Å². The van der Waals surface area contributed by atoms with Crippen LogP contribution in [-0.2, 0) is 45.4 Å². The number of nitrogens with zero attached hydrogens (tertiary/aromatic N) is 2. The molecule has 2 heterocycles. The van der Waals surface area contributed by atoms with Crippen LogP contribution in [0.1, 0.15) is 33.6 Å². The molecule has 0 atom stereocenters. The van der Waals surface area contributed by atoms with Gasteiger partial charge in [-0.25, -0.2) is 17.2 Å². The Morgan fingerprint density at radius 3 is 1.41 bits per heavy atom. The maximum atomic E-state index is 13.9. The maximum absolute atomic E-state index is 13.9. The Hall–Kier alpha value is -6.07. The number of aromatic nitrogens is 2. The molecule has 0 saturated carbocycles. The minimum Gasteiger partial charge on any atom is -0.480 e. The van der Waals surface area contributed by atoms with Crippen LogP contribution in [0.25, 0.3) is 32.9 Å². The zero-order valence-electron chi connectivity index (χ0n) is 29.9. The summed E-state index contributed by atoms with van der Waals surface area (Å²) in [5.74, 6) is -2.60. The molecule has 0 saturated heterocycles. The molecule has 0 radical (unpaired) electrons. The van der Waals surface area contributed by atoms with Gasteiger partial charge in [-0.15, -0.1) is 0 Å². The van der Waals surface area contributed by atoms with Crippen LogP contribution in [0.4, 0.5) is 8.78 Å². The monoisotopic (exact) mass is 748 g/mol. The number of aliphatic carboxylic acids is 2. The predicted octanol–water partition coefficient (Wildman–Crippen LogP) is 8.60. The molecule has 0 aliphatic rings. The molecule has 2 N–H and O–H groups in total. The molecular formula is C43H38F2N2O6S. The lowest BCUT2D eigenvalue weighted by atomic mass is 9.99. The van der Waals surface area contributed by atoms with Crippen molar-refractivity contribution in [3.05, 3.63) is 161 Å². The van der Waals surface area contributed by atoms with Gasteiger partial charge < -0.3 is 19.3 Å². The van der Waals surface area contributed by atoms with Crippen molar-refractivity contribution in [2.75, 3.05) is 6.26 Å². The lowest BCUT2D eigenvalue weighted by Gasteiger charge is -2.07. The van der Waals surface area contributed by atoms with E-state index in [-0.39, 0.29) is 23.8 Å². The average Bonchev–Trinajstić information content (AvgIpc) is 3.52. The molecule has 0 bridgehead atoms. The van der Waals surface area contributed by atoms with Crippen LogP contribution in [-0.4, -0.2) is 46.0 Å². The summed E-state index contributed by atoms with van der Waals surface area (Å²) in [6.07, 6.45) is 2.21. The summed E-state index contributed by atoms with van der Waals surface area (Å²) in [6.45, 7) is 3.36. The van der Waals surface area contributed by atoms with Crippen molar-refractivity contribution < 1.29 is 37.0 Å². The molecule has 8 nitrogen and oxygen atoms in total. The predicted molar refractivity (Wildman–Crippen MR) is 206 cm³/mol. The number of benzene rings is 5. The molecule has 276 valence electrons. The second-order valence-electron chi connectivity index (χ2n) is 13.2. The van der Waals surface area contributed by atoms with Crippen LogP contribution in [0.5, 0.6) is 0 Å². The van der Waals surface area contributed by atoms with E-state index in [9.17, 15) is 31.9 Å². The van der Waals surface area contributed by atoms with Crippen molar-refractivity contribution in [3.63, 3.8) is 0 Å². The fourth-order valence-corrected chi connectivity index (χ4v) is 7.51. The molecule has 54 heavy (non-hydrogen) atoms. The number of fused-ring (bicyclic) bond motifs is 2. The molecule has 11 heteroatoms. The van der Waals surface area contributed by atoms with Gasteiger partial charge in [0.15, 0.2) is 9.84 Å². The normalized spacial score (nSPS) is 11.4. The molecule has 7 rings (SSSR count). The standard InChI is InChI=1S/C24H20FNO2.C19H18FNO4S/c1-16-21(22-14-20(25)11-12-23(22)26(16)15-24(27)28)13-17-7-9-19(10-8-17)18-5-3-2-4-6-18;1-12-16(9-13-3-6-15(7-4-13)26(2,24)25)17-10-14(20)5-8-18(17)21(12)11-19(22)23/h2-12,14H,13,15H2,1H3,(H,27,28);3-8,10H,9,11H2,1-2H3,(H,22,23). The van der Waals surface area contributed by atoms with Crippen LogP contribution in [0, 0.1) is 25.5 Å². The largest absolute Gasteiger partial charge is 0.480 e. The number of hydrogen-bond acceptors (Lipinski definition) is 4. The van der Waals surface area contributed by atoms with Crippen LogP contribution in [0.2, 0.25) is 0 Å². The van der Waals surface area contributed by atoms with Gasteiger partial charge in [0.1, 0.15) is 24.7 Å². The van der Waals surface area contributed by atoms with E-state index in [0.717, 1.165) is 61.9 Å². The summed E-state index contributed by atoms with van der Waals surface area (Å²) in [4.78, 5) is 22.7. The fourth-order valence-electron chi connectivity index (χ4n) is 6.88. The number of halogens is 2. The Labute approximate surface area is 311 Å². The summed E-state index contributed by atoms with van der Waals surface area (Å²) in [7, 11) is -3.27. The zero-order chi connectivity index (χ0) is 38.7. The van der Waals surface area contributed by atoms with Gasteiger partial charge in [-0.2, -0.15) is 0 Å². The summed E-state index contributed by atoms with van der Waals surface area (Å²) >= 11 is 0. The van der Waals surface area contributed by atoms with Crippen LogP contribution in [0.3, 0.4) is 0 Å². The van der Waals surface area contributed by atoms with Crippen molar-refractivity contribution in [1.82, 2.24) is 9.13 Å². The van der Waals surface area contributed by atoms with Gasteiger partial charge in [-0.3, -0.25) is 9.59 Å². The van der Waals surface area contributed by atoms with E-state index in [2.05, 4.69) is 36.4 Å². The summed E-state index contributed by atoms with van der Waals surface area (Å²) in [6, 6.07) is 33.8. The zero-order valence-corrected chi connectivity index (χ0v) is 30.7. The summed E-state index contributed by atoms with van der Waals surface area (Å²) < 4.78 is 54.2. The highest BCUT2D eigenvalue weighted by Gasteiger charge is 2.19. The Balaban J connectivity index is 0.000000185. The molecule has 7 aromatic rings. The Kier molecular flexibility index (Phi) is 10.8. The number of carboxylic acid groups (broad SMARTS) is 2. The van der Waals surface area contributed by atoms with E-state index in [1.54, 1.807) is 40.3 Å². The van der Waals surface area contributed by atoms with Crippen LogP contribution < -0.4 is 0 Å². The molecule has 2 aromatic heterocycles.